The highest BCUT2D eigenvalue weighted by atomic mass is 16.5. The van der Waals surface area contributed by atoms with Crippen molar-refractivity contribution in [3.63, 3.8) is 0 Å². The standard InChI is InChI=1S/C16H19BN2O2/c1-9-3-4-11(7-9)13-8-17(20)21-15-10(2)19-16-12(14(13)15)5-6-18-16/h5-6,8-9,11,20H,3-4,7H2,1-2H3,(H,18,19). The van der Waals surface area contributed by atoms with Gasteiger partial charge in [0.2, 0.25) is 0 Å². The summed E-state index contributed by atoms with van der Waals surface area (Å²) in [5, 5.41) is 11.2. The van der Waals surface area contributed by atoms with Gasteiger partial charge in [0.25, 0.3) is 0 Å². The second-order valence-corrected chi connectivity index (χ2v) is 6.39. The number of aromatic nitrogens is 2. The van der Waals surface area contributed by atoms with Crippen molar-refractivity contribution < 1.29 is 9.68 Å². The van der Waals surface area contributed by atoms with Gasteiger partial charge in [0.15, 0.2) is 0 Å². The number of hydrogen-bond acceptors (Lipinski definition) is 3. The summed E-state index contributed by atoms with van der Waals surface area (Å²) in [6.45, 7) is 4.24. The minimum atomic E-state index is -0.861. The van der Waals surface area contributed by atoms with Gasteiger partial charge in [-0.3, -0.25) is 0 Å². The Morgan fingerprint density at radius 2 is 2.29 bits per heavy atom. The Kier molecular flexibility index (Phi) is 2.86. The molecule has 1 saturated carbocycles. The van der Waals surface area contributed by atoms with Crippen LogP contribution in [-0.2, 0) is 0 Å². The largest absolute Gasteiger partial charge is 0.552 e. The first-order chi connectivity index (χ1) is 10.1. The van der Waals surface area contributed by atoms with Crippen molar-refractivity contribution in [1.29, 1.82) is 0 Å². The molecule has 1 fully saturated rings. The van der Waals surface area contributed by atoms with Crippen molar-refractivity contribution in [2.45, 2.75) is 33.1 Å². The van der Waals surface area contributed by atoms with Gasteiger partial charge in [-0.15, -0.1) is 0 Å². The molecule has 21 heavy (non-hydrogen) atoms. The second-order valence-electron chi connectivity index (χ2n) is 6.39. The number of hydrogen-bond donors (Lipinski definition) is 2. The van der Waals surface area contributed by atoms with Crippen LogP contribution in [0.4, 0.5) is 0 Å². The van der Waals surface area contributed by atoms with Crippen molar-refractivity contribution in [3.8, 4) is 5.75 Å². The molecule has 2 N–H and O–H groups in total. The van der Waals surface area contributed by atoms with Crippen molar-refractivity contribution >= 4 is 23.7 Å². The first-order valence-electron chi connectivity index (χ1n) is 7.68. The van der Waals surface area contributed by atoms with Crippen LogP contribution in [0.3, 0.4) is 0 Å². The van der Waals surface area contributed by atoms with E-state index in [1.807, 2.05) is 25.2 Å². The van der Waals surface area contributed by atoms with Gasteiger partial charge < -0.3 is 14.7 Å². The molecule has 4 rings (SSSR count). The smallest absolute Gasteiger partial charge is 0.531 e. The molecule has 0 bridgehead atoms. The Balaban J connectivity index is 1.93. The molecule has 0 spiro atoms. The predicted octanol–water partition coefficient (Wildman–Crippen LogP) is 3.10. The molecule has 2 aromatic heterocycles. The maximum atomic E-state index is 10.1. The van der Waals surface area contributed by atoms with E-state index in [2.05, 4.69) is 16.9 Å². The third-order valence-corrected chi connectivity index (χ3v) is 4.81. The van der Waals surface area contributed by atoms with Crippen LogP contribution in [0.5, 0.6) is 5.75 Å². The molecule has 2 atom stereocenters. The average Bonchev–Trinajstić information content (AvgIpc) is 3.07. The lowest BCUT2D eigenvalue weighted by molar-refractivity contribution is 0.423. The molecule has 2 aliphatic rings. The molecular formula is C16H19BN2O2. The summed E-state index contributed by atoms with van der Waals surface area (Å²) in [6.07, 6.45) is 5.55. The summed E-state index contributed by atoms with van der Waals surface area (Å²) < 4.78 is 5.66. The average molecular weight is 282 g/mol. The number of pyridine rings is 1. The van der Waals surface area contributed by atoms with Crippen LogP contribution in [0.15, 0.2) is 18.2 Å². The maximum Gasteiger partial charge on any atom is 0.552 e. The molecule has 2 unspecified atom stereocenters. The minimum Gasteiger partial charge on any atom is -0.531 e. The number of allylic oxidation sites excluding steroid dienone is 1. The second kappa shape index (κ2) is 4.63. The van der Waals surface area contributed by atoms with E-state index in [4.69, 9.17) is 4.65 Å². The lowest BCUT2D eigenvalue weighted by Crippen LogP contribution is -2.26. The van der Waals surface area contributed by atoms with E-state index in [1.54, 1.807) is 0 Å². The zero-order valence-corrected chi connectivity index (χ0v) is 12.4. The van der Waals surface area contributed by atoms with Crippen molar-refractivity contribution in [1.82, 2.24) is 9.97 Å². The van der Waals surface area contributed by atoms with Crippen LogP contribution >= 0.6 is 0 Å². The van der Waals surface area contributed by atoms with Gasteiger partial charge in [-0.25, -0.2) is 4.98 Å². The maximum absolute atomic E-state index is 10.1. The Labute approximate surface area is 124 Å². The molecule has 108 valence electrons. The van der Waals surface area contributed by atoms with Gasteiger partial charge in [0, 0.05) is 17.1 Å². The van der Waals surface area contributed by atoms with E-state index >= 15 is 0 Å². The van der Waals surface area contributed by atoms with E-state index < -0.39 is 7.12 Å². The highest BCUT2D eigenvalue weighted by molar-refractivity contribution is 6.52. The lowest BCUT2D eigenvalue weighted by atomic mass is 9.76. The fourth-order valence-electron chi connectivity index (χ4n) is 3.83. The van der Waals surface area contributed by atoms with Crippen LogP contribution in [0, 0.1) is 18.8 Å². The fraction of sp³-hybridized carbons (Fsp3) is 0.438. The van der Waals surface area contributed by atoms with Crippen LogP contribution in [-0.4, -0.2) is 22.1 Å². The van der Waals surface area contributed by atoms with E-state index in [1.165, 1.54) is 24.8 Å². The number of rotatable bonds is 1. The van der Waals surface area contributed by atoms with Gasteiger partial charge in [0.05, 0.1) is 5.69 Å². The van der Waals surface area contributed by atoms with E-state index in [0.29, 0.717) is 5.92 Å². The van der Waals surface area contributed by atoms with Crippen molar-refractivity contribution in [3.05, 3.63) is 29.5 Å². The molecule has 1 aliphatic carbocycles. The highest BCUT2D eigenvalue weighted by Gasteiger charge is 2.34. The Morgan fingerprint density at radius 1 is 1.43 bits per heavy atom. The Morgan fingerprint density at radius 3 is 3.05 bits per heavy atom. The summed E-state index contributed by atoms with van der Waals surface area (Å²) in [5.74, 6) is 3.89. The third kappa shape index (κ3) is 1.99. The number of aryl methyl sites for hydroxylation is 1. The molecule has 0 aromatic carbocycles. The molecule has 0 radical (unpaired) electrons. The number of nitrogens with one attached hydrogen (secondary N) is 1. The minimum absolute atomic E-state index is 0.511. The fourth-order valence-corrected chi connectivity index (χ4v) is 3.83. The lowest BCUT2D eigenvalue weighted by Gasteiger charge is -2.26. The topological polar surface area (TPSA) is 58.1 Å². The number of H-pyrrole nitrogens is 1. The van der Waals surface area contributed by atoms with Crippen LogP contribution < -0.4 is 4.65 Å². The van der Waals surface area contributed by atoms with Crippen LogP contribution in [0.2, 0.25) is 0 Å². The summed E-state index contributed by atoms with van der Waals surface area (Å²) in [4.78, 5) is 7.73. The molecule has 0 amide bonds. The summed E-state index contributed by atoms with van der Waals surface area (Å²) >= 11 is 0. The summed E-state index contributed by atoms with van der Waals surface area (Å²) in [6, 6.07) is 2.05. The SMILES string of the molecule is Cc1nc2[nH]ccc2c2c1OB(O)C=C2C1CCC(C)C1. The van der Waals surface area contributed by atoms with Crippen LogP contribution in [0.1, 0.15) is 37.4 Å². The molecule has 1 aliphatic heterocycles. The van der Waals surface area contributed by atoms with E-state index in [0.717, 1.165) is 34.0 Å². The normalized spacial score (nSPS) is 24.9. The molecule has 0 saturated heterocycles. The number of aromatic amines is 1. The van der Waals surface area contributed by atoms with Crippen LogP contribution in [0.25, 0.3) is 16.6 Å². The molecule has 2 aromatic rings. The monoisotopic (exact) mass is 282 g/mol. The predicted molar refractivity (Wildman–Crippen MR) is 83.9 cm³/mol. The van der Waals surface area contributed by atoms with Crippen molar-refractivity contribution in [2.75, 3.05) is 0 Å². The summed E-state index contributed by atoms with van der Waals surface area (Å²) in [5.41, 5.74) is 4.09. The zero-order valence-electron chi connectivity index (χ0n) is 12.4. The Hall–Kier alpha value is -1.75. The molecule has 5 heteroatoms. The first kappa shape index (κ1) is 13.0. The molecular weight excluding hydrogens is 263 g/mol. The summed E-state index contributed by atoms with van der Waals surface area (Å²) in [7, 11) is -0.861. The first-order valence-corrected chi connectivity index (χ1v) is 7.68. The van der Waals surface area contributed by atoms with E-state index in [-0.39, 0.29) is 0 Å². The highest BCUT2D eigenvalue weighted by Crippen LogP contribution is 2.46. The number of nitrogens with zero attached hydrogens (tertiary/aromatic N) is 1. The Bertz CT molecular complexity index is 737. The van der Waals surface area contributed by atoms with Gasteiger partial charge in [-0.2, -0.15) is 0 Å². The zero-order chi connectivity index (χ0) is 14.6. The number of fused-ring (bicyclic) bond motifs is 3. The van der Waals surface area contributed by atoms with Crippen molar-refractivity contribution in [2.24, 2.45) is 11.8 Å². The quantitative estimate of drug-likeness (QED) is 0.790. The third-order valence-electron chi connectivity index (χ3n) is 4.81. The van der Waals surface area contributed by atoms with E-state index in [9.17, 15) is 5.02 Å². The molecule has 4 nitrogen and oxygen atoms in total. The van der Waals surface area contributed by atoms with Gasteiger partial charge >= 0.3 is 7.12 Å². The van der Waals surface area contributed by atoms with Gasteiger partial charge in [-0.05, 0) is 49.2 Å². The van der Waals surface area contributed by atoms with Gasteiger partial charge in [-0.1, -0.05) is 13.3 Å². The molecule has 3 heterocycles. The van der Waals surface area contributed by atoms with Gasteiger partial charge in [0.1, 0.15) is 11.4 Å².